The Morgan fingerprint density at radius 2 is 2.10 bits per heavy atom. The van der Waals surface area contributed by atoms with Gasteiger partial charge in [0.25, 0.3) is 0 Å². The van der Waals surface area contributed by atoms with Crippen LogP contribution in [-0.4, -0.2) is 10.9 Å². The van der Waals surface area contributed by atoms with Crippen molar-refractivity contribution >= 4 is 21.6 Å². The van der Waals surface area contributed by atoms with Crippen LogP contribution in [0.5, 0.6) is 5.75 Å². The van der Waals surface area contributed by atoms with Crippen molar-refractivity contribution in [1.29, 1.82) is 0 Å². The Morgan fingerprint density at radius 1 is 1.30 bits per heavy atom. The van der Waals surface area contributed by atoms with Crippen molar-refractivity contribution in [2.75, 3.05) is 0 Å². The number of hydrogen-bond donors (Lipinski definition) is 1. The maximum atomic E-state index is 13.6. The summed E-state index contributed by atoms with van der Waals surface area (Å²) < 4.78 is 19.9. The molecule has 2 rings (SSSR count). The van der Waals surface area contributed by atoms with Gasteiger partial charge in [-0.25, -0.2) is 4.39 Å². The van der Waals surface area contributed by atoms with Gasteiger partial charge in [-0.3, -0.25) is 0 Å². The van der Waals surface area contributed by atoms with Crippen LogP contribution >= 0.6 is 15.9 Å². The molecule has 0 aliphatic heterocycles. The molecule has 0 bridgehead atoms. The van der Waals surface area contributed by atoms with Gasteiger partial charge in [-0.1, -0.05) is 33.2 Å². The Balaban J connectivity index is 2.13. The highest BCUT2D eigenvalue weighted by molar-refractivity contribution is 9.10. The third-order valence-corrected chi connectivity index (χ3v) is 3.30. The fourth-order valence-corrected chi connectivity index (χ4v) is 2.09. The Morgan fingerprint density at radius 3 is 2.85 bits per heavy atom. The van der Waals surface area contributed by atoms with E-state index in [2.05, 4.69) is 21.1 Å². The van der Waals surface area contributed by atoms with E-state index in [1.807, 2.05) is 6.07 Å². The molecule has 0 saturated heterocycles. The Kier molecular flexibility index (Phi) is 4.74. The Labute approximate surface area is 124 Å². The van der Waals surface area contributed by atoms with Gasteiger partial charge in [0, 0.05) is 15.6 Å². The second kappa shape index (κ2) is 6.52. The molecule has 0 saturated carbocycles. The van der Waals surface area contributed by atoms with E-state index in [9.17, 15) is 4.39 Å². The number of nitrogens with zero attached hydrogens (tertiary/aromatic N) is 1. The van der Waals surface area contributed by atoms with Crippen LogP contribution in [0.1, 0.15) is 18.1 Å². The van der Waals surface area contributed by atoms with Gasteiger partial charge in [0.2, 0.25) is 0 Å². The third kappa shape index (κ3) is 3.57. The van der Waals surface area contributed by atoms with Gasteiger partial charge in [0.1, 0.15) is 18.2 Å². The van der Waals surface area contributed by atoms with Gasteiger partial charge in [-0.05, 0) is 37.3 Å². The first-order valence-electron chi connectivity index (χ1n) is 5.96. The predicted octanol–water partition coefficient (Wildman–Crippen LogP) is 4.37. The second-order valence-electron chi connectivity index (χ2n) is 4.24. The summed E-state index contributed by atoms with van der Waals surface area (Å²) in [6.45, 7) is 1.82. The normalized spacial score (nSPS) is 11.4. The zero-order chi connectivity index (χ0) is 14.5. The maximum Gasteiger partial charge on any atom is 0.129 e. The molecule has 0 amide bonds. The van der Waals surface area contributed by atoms with Crippen LogP contribution in [0.25, 0.3) is 0 Å². The molecule has 3 nitrogen and oxygen atoms in total. The van der Waals surface area contributed by atoms with Gasteiger partial charge in [-0.15, -0.1) is 0 Å². The van der Waals surface area contributed by atoms with Crippen molar-refractivity contribution in [3.63, 3.8) is 0 Å². The quantitative estimate of drug-likeness (QED) is 0.511. The monoisotopic (exact) mass is 337 g/mol. The molecular formula is C15H13BrFNO2. The topological polar surface area (TPSA) is 41.8 Å². The van der Waals surface area contributed by atoms with E-state index in [4.69, 9.17) is 9.94 Å². The van der Waals surface area contributed by atoms with Gasteiger partial charge < -0.3 is 9.94 Å². The minimum Gasteiger partial charge on any atom is -0.489 e. The molecular weight excluding hydrogens is 325 g/mol. The summed E-state index contributed by atoms with van der Waals surface area (Å²) >= 11 is 3.30. The fourth-order valence-electron chi connectivity index (χ4n) is 1.68. The average Bonchev–Trinajstić information content (AvgIpc) is 2.47. The molecule has 2 aromatic carbocycles. The first-order valence-corrected chi connectivity index (χ1v) is 6.75. The van der Waals surface area contributed by atoms with E-state index in [0.29, 0.717) is 17.0 Å². The minimum atomic E-state index is -0.308. The predicted molar refractivity (Wildman–Crippen MR) is 78.9 cm³/mol. The average molecular weight is 338 g/mol. The molecule has 0 atom stereocenters. The number of rotatable bonds is 4. The largest absolute Gasteiger partial charge is 0.489 e. The molecule has 0 aromatic heterocycles. The van der Waals surface area contributed by atoms with Crippen LogP contribution in [0.15, 0.2) is 52.1 Å². The van der Waals surface area contributed by atoms with E-state index in [1.54, 1.807) is 37.3 Å². The van der Waals surface area contributed by atoms with Crippen molar-refractivity contribution in [1.82, 2.24) is 0 Å². The van der Waals surface area contributed by atoms with Crippen LogP contribution in [0.2, 0.25) is 0 Å². The molecule has 1 N–H and O–H groups in total. The lowest BCUT2D eigenvalue weighted by Crippen LogP contribution is -2.00. The summed E-state index contributed by atoms with van der Waals surface area (Å²) in [5.41, 5.74) is 1.71. The zero-order valence-corrected chi connectivity index (χ0v) is 12.4. The molecule has 5 heteroatoms. The number of oxime groups is 1. The van der Waals surface area contributed by atoms with Crippen molar-refractivity contribution in [3.8, 4) is 5.75 Å². The van der Waals surface area contributed by atoms with E-state index in [0.717, 1.165) is 10.0 Å². The van der Waals surface area contributed by atoms with Crippen LogP contribution in [0.3, 0.4) is 0 Å². The molecule has 20 heavy (non-hydrogen) atoms. The highest BCUT2D eigenvalue weighted by atomic mass is 79.9. The lowest BCUT2D eigenvalue weighted by atomic mass is 10.1. The van der Waals surface area contributed by atoms with E-state index >= 15 is 0 Å². The Hall–Kier alpha value is -1.88. The minimum absolute atomic E-state index is 0.129. The molecule has 2 aromatic rings. The van der Waals surface area contributed by atoms with E-state index in [1.165, 1.54) is 6.07 Å². The molecule has 0 aliphatic carbocycles. The van der Waals surface area contributed by atoms with Crippen LogP contribution in [0.4, 0.5) is 4.39 Å². The number of hydrogen-bond acceptors (Lipinski definition) is 3. The van der Waals surface area contributed by atoms with Crippen molar-refractivity contribution in [2.24, 2.45) is 5.16 Å². The third-order valence-electron chi connectivity index (χ3n) is 2.80. The number of halogens is 2. The molecule has 0 unspecified atom stereocenters. The first kappa shape index (κ1) is 14.5. The van der Waals surface area contributed by atoms with Gasteiger partial charge in [0.15, 0.2) is 0 Å². The van der Waals surface area contributed by atoms with Gasteiger partial charge in [-0.2, -0.15) is 0 Å². The fraction of sp³-hybridized carbons (Fsp3) is 0.133. The molecule has 0 aliphatic rings. The van der Waals surface area contributed by atoms with E-state index < -0.39 is 0 Å². The summed E-state index contributed by atoms with van der Waals surface area (Å²) in [4.78, 5) is 0. The van der Waals surface area contributed by atoms with Crippen LogP contribution < -0.4 is 4.74 Å². The lowest BCUT2D eigenvalue weighted by Gasteiger charge is -2.09. The molecule has 0 fully saturated rings. The van der Waals surface area contributed by atoms with E-state index in [-0.39, 0.29) is 12.4 Å². The summed E-state index contributed by atoms with van der Waals surface area (Å²) in [7, 11) is 0. The first-order chi connectivity index (χ1) is 9.60. The molecule has 0 spiro atoms. The molecule has 104 valence electrons. The molecule has 0 radical (unpaired) electrons. The van der Waals surface area contributed by atoms with Crippen molar-refractivity contribution < 1.29 is 14.3 Å². The summed E-state index contributed by atoms with van der Waals surface area (Å²) in [5.74, 6) is 0.280. The second-order valence-corrected chi connectivity index (χ2v) is 5.15. The molecule has 0 heterocycles. The van der Waals surface area contributed by atoms with Crippen LogP contribution in [-0.2, 0) is 6.61 Å². The summed E-state index contributed by atoms with van der Waals surface area (Å²) in [6.07, 6.45) is 0. The van der Waals surface area contributed by atoms with Crippen LogP contribution in [0, 0.1) is 5.82 Å². The summed E-state index contributed by atoms with van der Waals surface area (Å²) in [6, 6.07) is 11.8. The number of benzene rings is 2. The lowest BCUT2D eigenvalue weighted by molar-refractivity contribution is 0.299. The Bertz CT molecular complexity index is 644. The standard InChI is InChI=1S/C15H13BrFNO2/c1-10(18-19)11-3-2-4-14(8-11)20-9-12-7-13(16)5-6-15(12)17/h2-8,19H,9H2,1H3/b18-10+. The van der Waals surface area contributed by atoms with Crippen molar-refractivity contribution in [3.05, 3.63) is 63.9 Å². The smallest absolute Gasteiger partial charge is 0.129 e. The highest BCUT2D eigenvalue weighted by Crippen LogP contribution is 2.19. The highest BCUT2D eigenvalue weighted by Gasteiger charge is 2.05. The van der Waals surface area contributed by atoms with Gasteiger partial charge in [0.05, 0.1) is 5.71 Å². The van der Waals surface area contributed by atoms with Gasteiger partial charge >= 0.3 is 0 Å². The summed E-state index contributed by atoms with van der Waals surface area (Å²) in [5, 5.41) is 11.9. The van der Waals surface area contributed by atoms with Crippen molar-refractivity contribution in [2.45, 2.75) is 13.5 Å². The maximum absolute atomic E-state index is 13.6. The zero-order valence-electron chi connectivity index (χ0n) is 10.8. The SMILES string of the molecule is C/C(=N\O)c1cccc(OCc2cc(Br)ccc2F)c1. The number of ether oxygens (including phenoxy) is 1.